The molecule has 94 valence electrons. The summed E-state index contributed by atoms with van der Waals surface area (Å²) in [7, 11) is 0. The van der Waals surface area contributed by atoms with Crippen LogP contribution in [0.15, 0.2) is 22.9 Å². The Bertz CT molecular complexity index is 308. The van der Waals surface area contributed by atoms with Crippen molar-refractivity contribution in [3.8, 4) is 0 Å². The van der Waals surface area contributed by atoms with E-state index in [0.717, 1.165) is 6.54 Å². The van der Waals surface area contributed by atoms with Crippen molar-refractivity contribution in [2.24, 2.45) is 0 Å². The minimum Gasteiger partial charge on any atom is -0.447 e. The highest BCUT2D eigenvalue weighted by atomic mass is 32.1. The molecule has 0 radical (unpaired) electrons. The lowest BCUT2D eigenvalue weighted by atomic mass is 10.4. The smallest absolute Gasteiger partial charge is 0.412 e. The molecule has 0 spiro atoms. The topological polar surface area (TPSA) is 50.8 Å². The first kappa shape index (κ1) is 12.3. The van der Waals surface area contributed by atoms with Gasteiger partial charge < -0.3 is 14.8 Å². The van der Waals surface area contributed by atoms with Crippen molar-refractivity contribution >= 4 is 17.4 Å². The minimum atomic E-state index is -0.260. The molecule has 1 unspecified atom stereocenters. The number of thiophene rings is 1. The maximum absolute atomic E-state index is 11.1. The Balaban J connectivity index is 0.000000181. The molecule has 1 atom stereocenters. The van der Waals surface area contributed by atoms with Crippen LogP contribution >= 0.6 is 11.3 Å². The zero-order valence-corrected chi connectivity index (χ0v) is 10.3. The average molecular weight is 256 g/mol. The van der Waals surface area contributed by atoms with Crippen molar-refractivity contribution in [2.75, 3.05) is 32.8 Å². The van der Waals surface area contributed by atoms with Gasteiger partial charge in [-0.05, 0) is 10.8 Å². The predicted molar refractivity (Wildman–Crippen MR) is 65.0 cm³/mol. The van der Waals surface area contributed by atoms with Gasteiger partial charge in [0.05, 0.1) is 13.2 Å². The van der Waals surface area contributed by atoms with Crippen molar-refractivity contribution in [3.05, 3.63) is 22.9 Å². The van der Waals surface area contributed by atoms with Crippen LogP contribution in [0.2, 0.25) is 0 Å². The van der Waals surface area contributed by atoms with E-state index in [1.807, 2.05) is 22.9 Å². The van der Waals surface area contributed by atoms with Gasteiger partial charge >= 0.3 is 6.09 Å². The molecule has 0 aliphatic carbocycles. The molecule has 6 heteroatoms. The van der Waals surface area contributed by atoms with Crippen LogP contribution in [0, 0.1) is 0 Å². The molecule has 0 saturated carbocycles. The molecule has 3 heterocycles. The lowest BCUT2D eigenvalue weighted by Crippen LogP contribution is -2.49. The molecule has 17 heavy (non-hydrogen) atoms. The van der Waals surface area contributed by atoms with Crippen molar-refractivity contribution in [2.45, 2.75) is 6.23 Å². The Kier molecular flexibility index (Phi) is 4.78. The third-order valence-corrected chi connectivity index (χ3v) is 3.10. The molecular formula is C11H16N2O3S. The molecule has 1 aromatic heterocycles. The summed E-state index contributed by atoms with van der Waals surface area (Å²) in [6, 6.07) is 4.04. The summed E-state index contributed by atoms with van der Waals surface area (Å²) in [5.74, 6) is 0. The third-order valence-electron chi connectivity index (χ3n) is 2.47. The highest BCUT2D eigenvalue weighted by Gasteiger charge is 2.31. The van der Waals surface area contributed by atoms with Gasteiger partial charge in [0.25, 0.3) is 0 Å². The number of morpholine rings is 1. The van der Waals surface area contributed by atoms with Gasteiger partial charge in [-0.2, -0.15) is 11.3 Å². The summed E-state index contributed by atoms with van der Waals surface area (Å²) in [5.41, 5.74) is 0. The highest BCUT2D eigenvalue weighted by Crippen LogP contribution is 2.10. The Morgan fingerprint density at radius 3 is 2.65 bits per heavy atom. The first-order valence-corrected chi connectivity index (χ1v) is 6.55. The normalized spacial score (nSPS) is 23.9. The molecule has 2 fully saturated rings. The van der Waals surface area contributed by atoms with Crippen LogP contribution in [0.25, 0.3) is 0 Å². The Hall–Kier alpha value is -1.11. The van der Waals surface area contributed by atoms with E-state index in [-0.39, 0.29) is 12.3 Å². The fraction of sp³-hybridized carbons (Fsp3) is 0.545. The van der Waals surface area contributed by atoms with Crippen LogP contribution in [0.5, 0.6) is 0 Å². The van der Waals surface area contributed by atoms with Gasteiger partial charge in [0.15, 0.2) is 0 Å². The number of nitrogens with zero attached hydrogens (tertiary/aromatic N) is 1. The van der Waals surface area contributed by atoms with Gasteiger partial charge in [-0.25, -0.2) is 4.79 Å². The van der Waals surface area contributed by atoms with Crippen LogP contribution in [0.3, 0.4) is 0 Å². The van der Waals surface area contributed by atoms with Crippen molar-refractivity contribution in [3.63, 3.8) is 0 Å². The fourth-order valence-electron chi connectivity index (χ4n) is 1.65. The van der Waals surface area contributed by atoms with E-state index in [9.17, 15) is 4.79 Å². The monoisotopic (exact) mass is 256 g/mol. The first-order valence-electron chi connectivity index (χ1n) is 5.61. The molecule has 1 amide bonds. The SMILES string of the molecule is O=C1OCCN1C1CNCCO1.c1ccsc1. The predicted octanol–water partition coefficient (Wildman–Crippen LogP) is 1.13. The van der Waals surface area contributed by atoms with E-state index in [4.69, 9.17) is 9.47 Å². The van der Waals surface area contributed by atoms with E-state index in [0.29, 0.717) is 26.3 Å². The van der Waals surface area contributed by atoms with E-state index in [2.05, 4.69) is 5.32 Å². The third kappa shape index (κ3) is 3.69. The van der Waals surface area contributed by atoms with Crippen molar-refractivity contribution in [1.29, 1.82) is 0 Å². The second kappa shape index (κ2) is 6.58. The number of cyclic esters (lactones) is 1. The molecular weight excluding hydrogens is 240 g/mol. The molecule has 3 rings (SSSR count). The average Bonchev–Trinajstić information content (AvgIpc) is 3.03. The van der Waals surface area contributed by atoms with Gasteiger partial charge in [0.2, 0.25) is 0 Å². The number of ether oxygens (including phenoxy) is 2. The standard InChI is InChI=1S/C7H12N2O3.C4H4S/c10-7-9(2-4-12-7)6-5-8-1-3-11-6;1-2-4-5-3-1/h6,8H,1-5H2;1-4H. The largest absolute Gasteiger partial charge is 0.447 e. The fourth-order valence-corrected chi connectivity index (χ4v) is 2.10. The van der Waals surface area contributed by atoms with Crippen molar-refractivity contribution in [1.82, 2.24) is 10.2 Å². The van der Waals surface area contributed by atoms with Gasteiger partial charge in [0, 0.05) is 13.1 Å². The number of hydrogen-bond donors (Lipinski definition) is 1. The highest BCUT2D eigenvalue weighted by molar-refractivity contribution is 7.07. The number of hydrogen-bond acceptors (Lipinski definition) is 5. The minimum absolute atomic E-state index is 0.131. The molecule has 2 aliphatic rings. The number of rotatable bonds is 1. The number of amides is 1. The van der Waals surface area contributed by atoms with Crippen molar-refractivity contribution < 1.29 is 14.3 Å². The summed E-state index contributed by atoms with van der Waals surface area (Å²) in [5, 5.41) is 7.24. The Morgan fingerprint density at radius 2 is 2.18 bits per heavy atom. The lowest BCUT2D eigenvalue weighted by molar-refractivity contribution is -0.0496. The Labute approximate surface area is 104 Å². The van der Waals surface area contributed by atoms with E-state index in [1.165, 1.54) is 0 Å². The molecule has 2 aliphatic heterocycles. The molecule has 5 nitrogen and oxygen atoms in total. The van der Waals surface area contributed by atoms with Crippen LogP contribution in [0.1, 0.15) is 0 Å². The summed E-state index contributed by atoms with van der Waals surface area (Å²) in [6.45, 7) is 3.35. The molecule has 0 bridgehead atoms. The van der Waals surface area contributed by atoms with E-state index in [1.54, 1.807) is 16.2 Å². The maximum atomic E-state index is 11.1. The number of nitrogens with one attached hydrogen (secondary N) is 1. The molecule has 2 saturated heterocycles. The first-order chi connectivity index (χ1) is 8.38. The van der Waals surface area contributed by atoms with Gasteiger partial charge in [-0.15, -0.1) is 0 Å². The summed E-state index contributed by atoms with van der Waals surface area (Å²) < 4.78 is 10.2. The zero-order valence-electron chi connectivity index (χ0n) is 9.50. The van der Waals surface area contributed by atoms with E-state index < -0.39 is 0 Å². The molecule has 0 aromatic carbocycles. The summed E-state index contributed by atoms with van der Waals surface area (Å²) >= 11 is 1.71. The summed E-state index contributed by atoms with van der Waals surface area (Å²) in [6.07, 6.45) is -0.391. The second-order valence-corrected chi connectivity index (χ2v) is 4.45. The van der Waals surface area contributed by atoms with Gasteiger partial charge in [-0.3, -0.25) is 4.90 Å². The van der Waals surface area contributed by atoms with Gasteiger partial charge in [0.1, 0.15) is 12.8 Å². The van der Waals surface area contributed by atoms with Crippen LogP contribution in [-0.4, -0.2) is 50.1 Å². The number of carbonyl (C=O) groups is 1. The zero-order chi connectivity index (χ0) is 11.9. The molecule has 1 N–H and O–H groups in total. The number of carbonyl (C=O) groups excluding carboxylic acids is 1. The quantitative estimate of drug-likeness (QED) is 0.818. The summed E-state index contributed by atoms with van der Waals surface area (Å²) in [4.78, 5) is 12.7. The molecule has 1 aromatic rings. The van der Waals surface area contributed by atoms with Crippen LogP contribution in [-0.2, 0) is 9.47 Å². The second-order valence-electron chi connectivity index (χ2n) is 3.63. The van der Waals surface area contributed by atoms with E-state index >= 15 is 0 Å². The van der Waals surface area contributed by atoms with Crippen LogP contribution in [0.4, 0.5) is 4.79 Å². The Morgan fingerprint density at radius 1 is 1.35 bits per heavy atom. The maximum Gasteiger partial charge on any atom is 0.412 e. The lowest BCUT2D eigenvalue weighted by Gasteiger charge is -2.29. The van der Waals surface area contributed by atoms with Gasteiger partial charge in [-0.1, -0.05) is 12.1 Å². The van der Waals surface area contributed by atoms with Crippen LogP contribution < -0.4 is 5.32 Å².